The van der Waals surface area contributed by atoms with Crippen molar-refractivity contribution in [2.75, 3.05) is 0 Å². The van der Waals surface area contributed by atoms with Crippen molar-refractivity contribution in [3.63, 3.8) is 0 Å². The van der Waals surface area contributed by atoms with E-state index in [4.69, 9.17) is 0 Å². The lowest BCUT2D eigenvalue weighted by Gasteiger charge is -1.99. The maximum Gasteiger partial charge on any atom is 0.138 e. The third-order valence-corrected chi connectivity index (χ3v) is 3.73. The number of aryl methyl sites for hydroxylation is 1. The first-order chi connectivity index (χ1) is 7.16. The Hall–Kier alpha value is -0.650. The summed E-state index contributed by atoms with van der Waals surface area (Å²) in [5.74, 6) is 1.54. The number of imidazole rings is 1. The van der Waals surface area contributed by atoms with Crippen LogP contribution >= 0.6 is 22.6 Å². The fourth-order valence-corrected chi connectivity index (χ4v) is 2.36. The van der Waals surface area contributed by atoms with Crippen molar-refractivity contribution in [1.82, 2.24) is 9.55 Å². The van der Waals surface area contributed by atoms with Gasteiger partial charge in [0.15, 0.2) is 0 Å². The van der Waals surface area contributed by atoms with Gasteiger partial charge in [-0.1, -0.05) is 0 Å². The number of fused-ring (bicyclic) bond motifs is 1. The molecule has 1 aromatic carbocycles. The van der Waals surface area contributed by atoms with Gasteiger partial charge in [0.1, 0.15) is 11.6 Å². The zero-order chi connectivity index (χ0) is 10.6. The van der Waals surface area contributed by atoms with Crippen molar-refractivity contribution in [2.24, 2.45) is 7.05 Å². The van der Waals surface area contributed by atoms with Gasteiger partial charge < -0.3 is 4.57 Å². The van der Waals surface area contributed by atoms with Crippen LogP contribution in [0.4, 0.5) is 4.39 Å². The molecule has 1 aliphatic carbocycles. The summed E-state index contributed by atoms with van der Waals surface area (Å²) >= 11 is 2.00. The topological polar surface area (TPSA) is 17.8 Å². The Morgan fingerprint density at radius 2 is 2.20 bits per heavy atom. The highest BCUT2D eigenvalue weighted by Crippen LogP contribution is 2.40. The molecule has 0 atom stereocenters. The van der Waals surface area contributed by atoms with Gasteiger partial charge in [-0.2, -0.15) is 0 Å². The summed E-state index contributed by atoms with van der Waals surface area (Å²) < 4.78 is 16.1. The Balaban J connectivity index is 2.30. The third-order valence-electron chi connectivity index (χ3n) is 2.90. The van der Waals surface area contributed by atoms with Gasteiger partial charge in [-0.15, -0.1) is 0 Å². The Bertz CT molecular complexity index is 543. The molecule has 78 valence electrons. The minimum Gasteiger partial charge on any atom is -0.331 e. The summed E-state index contributed by atoms with van der Waals surface area (Å²) in [7, 11) is 1.97. The lowest BCUT2D eigenvalue weighted by atomic mass is 10.3. The molecule has 0 radical (unpaired) electrons. The Morgan fingerprint density at radius 1 is 1.47 bits per heavy atom. The van der Waals surface area contributed by atoms with Gasteiger partial charge in [0.25, 0.3) is 0 Å². The van der Waals surface area contributed by atoms with Crippen LogP contribution in [0.3, 0.4) is 0 Å². The standard InChI is InChI=1S/C11H10FIN2/c1-15-10-4-7(12)8(13)5-9(10)14-11(15)6-2-3-6/h4-6H,2-3H2,1H3. The molecule has 3 rings (SSSR count). The molecule has 2 nitrogen and oxygen atoms in total. The fraction of sp³-hybridized carbons (Fsp3) is 0.364. The van der Waals surface area contributed by atoms with Crippen LogP contribution in [0.15, 0.2) is 12.1 Å². The largest absolute Gasteiger partial charge is 0.331 e. The van der Waals surface area contributed by atoms with Gasteiger partial charge in [-0.25, -0.2) is 9.37 Å². The van der Waals surface area contributed by atoms with E-state index < -0.39 is 0 Å². The van der Waals surface area contributed by atoms with Gasteiger partial charge in [0.2, 0.25) is 0 Å². The first kappa shape index (κ1) is 9.57. The van der Waals surface area contributed by atoms with Crippen molar-refractivity contribution in [3.05, 3.63) is 27.3 Å². The highest BCUT2D eigenvalue weighted by atomic mass is 127. The molecule has 0 N–H and O–H groups in total. The van der Waals surface area contributed by atoms with Gasteiger partial charge >= 0.3 is 0 Å². The number of benzene rings is 1. The smallest absolute Gasteiger partial charge is 0.138 e. The Kier molecular flexibility index (Phi) is 2.02. The molecule has 0 bridgehead atoms. The number of aromatic nitrogens is 2. The number of halogens is 2. The molecule has 4 heteroatoms. The van der Waals surface area contributed by atoms with Gasteiger partial charge in [-0.05, 0) is 41.5 Å². The molecule has 1 heterocycles. The van der Waals surface area contributed by atoms with Crippen LogP contribution in [0.2, 0.25) is 0 Å². The van der Waals surface area contributed by atoms with Crippen LogP contribution in [0, 0.1) is 9.39 Å². The van der Waals surface area contributed by atoms with Crippen molar-refractivity contribution in [1.29, 1.82) is 0 Å². The molecule has 0 aliphatic heterocycles. The second kappa shape index (κ2) is 3.17. The van der Waals surface area contributed by atoms with Crippen LogP contribution in [0.5, 0.6) is 0 Å². The van der Waals surface area contributed by atoms with E-state index >= 15 is 0 Å². The third kappa shape index (κ3) is 1.46. The van der Waals surface area contributed by atoms with Crippen molar-refractivity contribution < 1.29 is 4.39 Å². The molecular weight excluding hydrogens is 306 g/mol. The van der Waals surface area contributed by atoms with Gasteiger partial charge in [0.05, 0.1) is 14.6 Å². The average Bonchev–Trinajstić information content (AvgIpc) is 2.98. The van der Waals surface area contributed by atoms with Crippen molar-refractivity contribution >= 4 is 33.6 Å². The predicted molar refractivity (Wildman–Crippen MR) is 65.4 cm³/mol. The monoisotopic (exact) mass is 316 g/mol. The van der Waals surface area contributed by atoms with Gasteiger partial charge in [-0.3, -0.25) is 0 Å². The zero-order valence-electron chi connectivity index (χ0n) is 8.30. The van der Waals surface area contributed by atoms with Crippen LogP contribution < -0.4 is 0 Å². The number of hydrogen-bond acceptors (Lipinski definition) is 1. The maximum absolute atomic E-state index is 13.4. The van der Waals surface area contributed by atoms with Crippen LogP contribution in [-0.4, -0.2) is 9.55 Å². The normalized spacial score (nSPS) is 16.2. The minimum atomic E-state index is -0.159. The first-order valence-corrected chi connectivity index (χ1v) is 6.06. The average molecular weight is 316 g/mol. The molecule has 0 spiro atoms. The van der Waals surface area contributed by atoms with Crippen molar-refractivity contribution in [3.8, 4) is 0 Å². The van der Waals surface area contributed by atoms with Gasteiger partial charge in [0, 0.05) is 19.0 Å². The molecule has 1 aliphatic rings. The number of rotatable bonds is 1. The van der Waals surface area contributed by atoms with Crippen molar-refractivity contribution in [2.45, 2.75) is 18.8 Å². The van der Waals surface area contributed by atoms with E-state index in [2.05, 4.69) is 4.98 Å². The molecule has 15 heavy (non-hydrogen) atoms. The highest BCUT2D eigenvalue weighted by molar-refractivity contribution is 14.1. The number of nitrogens with zero attached hydrogens (tertiary/aromatic N) is 2. The van der Waals surface area contributed by atoms with E-state index in [1.165, 1.54) is 12.8 Å². The van der Waals surface area contributed by atoms with E-state index in [9.17, 15) is 4.39 Å². The quantitative estimate of drug-likeness (QED) is 0.739. The Morgan fingerprint density at radius 3 is 2.87 bits per heavy atom. The summed E-state index contributed by atoms with van der Waals surface area (Å²) in [6, 6.07) is 3.40. The molecular formula is C11H10FIN2. The fourth-order valence-electron chi connectivity index (χ4n) is 1.91. The van der Waals surface area contributed by atoms with E-state index in [1.807, 2.05) is 40.3 Å². The second-order valence-corrected chi connectivity index (χ2v) is 5.22. The van der Waals surface area contributed by atoms with E-state index in [-0.39, 0.29) is 5.82 Å². The molecule has 0 saturated heterocycles. The van der Waals surface area contributed by atoms with E-state index in [0.717, 1.165) is 16.9 Å². The molecule has 0 amide bonds. The summed E-state index contributed by atoms with van der Waals surface area (Å²) in [6.45, 7) is 0. The molecule has 1 aromatic heterocycles. The lowest BCUT2D eigenvalue weighted by Crippen LogP contribution is -1.95. The summed E-state index contributed by atoms with van der Waals surface area (Å²) in [5, 5.41) is 0. The molecule has 0 unspecified atom stereocenters. The van der Waals surface area contributed by atoms with Crippen LogP contribution in [-0.2, 0) is 7.05 Å². The summed E-state index contributed by atoms with van der Waals surface area (Å²) in [6.07, 6.45) is 2.44. The molecule has 1 fully saturated rings. The SMILES string of the molecule is Cn1c(C2CC2)nc2cc(I)c(F)cc21. The van der Waals surface area contributed by atoms with E-state index in [0.29, 0.717) is 9.49 Å². The van der Waals surface area contributed by atoms with Crippen LogP contribution in [0.1, 0.15) is 24.6 Å². The maximum atomic E-state index is 13.4. The molecule has 2 aromatic rings. The molecule has 1 saturated carbocycles. The van der Waals surface area contributed by atoms with E-state index in [1.54, 1.807) is 6.07 Å². The second-order valence-electron chi connectivity index (χ2n) is 4.06. The zero-order valence-corrected chi connectivity index (χ0v) is 10.5. The summed E-state index contributed by atoms with van der Waals surface area (Å²) in [5.41, 5.74) is 1.81. The summed E-state index contributed by atoms with van der Waals surface area (Å²) in [4.78, 5) is 4.57. The predicted octanol–water partition coefficient (Wildman–Crippen LogP) is 3.19. The van der Waals surface area contributed by atoms with Crippen LogP contribution in [0.25, 0.3) is 11.0 Å². The lowest BCUT2D eigenvalue weighted by molar-refractivity contribution is 0.621. The Labute approximate surface area is 101 Å². The highest BCUT2D eigenvalue weighted by Gasteiger charge is 2.28. The minimum absolute atomic E-state index is 0.159. The first-order valence-electron chi connectivity index (χ1n) is 4.98. The number of hydrogen-bond donors (Lipinski definition) is 0.